The Hall–Kier alpha value is -2.84. The summed E-state index contributed by atoms with van der Waals surface area (Å²) < 4.78 is 6.36. The second-order valence-electron chi connectivity index (χ2n) is 7.12. The lowest BCUT2D eigenvalue weighted by Crippen LogP contribution is -2.01. The molecule has 1 aromatic heterocycles. The summed E-state index contributed by atoms with van der Waals surface area (Å²) in [6, 6.07) is 25.4. The average molecular weight is 385 g/mol. The van der Waals surface area contributed by atoms with E-state index in [1.54, 1.807) is 11.3 Å². The lowest BCUT2D eigenvalue weighted by molar-refractivity contribution is 0.307. The normalized spacial score (nSPS) is 10.8. The predicted molar refractivity (Wildman–Crippen MR) is 120 cm³/mol. The zero-order chi connectivity index (χ0) is 19.5. The minimum atomic E-state index is 0.570. The summed E-state index contributed by atoms with van der Waals surface area (Å²) in [4.78, 5) is 1.29. The van der Waals surface area contributed by atoms with Crippen molar-refractivity contribution in [3.05, 3.63) is 100 Å². The molecule has 0 aliphatic carbocycles. The molecule has 0 amide bonds. The van der Waals surface area contributed by atoms with E-state index < -0.39 is 0 Å². The van der Waals surface area contributed by atoms with Crippen LogP contribution in [0.5, 0.6) is 5.75 Å². The first kappa shape index (κ1) is 18.5. The van der Waals surface area contributed by atoms with Crippen molar-refractivity contribution in [2.24, 2.45) is 0 Å². The molecule has 1 nitrogen and oxygen atoms in total. The fraction of sp³-hybridized carbons (Fsp3) is 0.154. The maximum absolute atomic E-state index is 6.36. The Morgan fingerprint density at radius 2 is 1.46 bits per heavy atom. The van der Waals surface area contributed by atoms with Gasteiger partial charge in [-0.1, -0.05) is 60.7 Å². The molecule has 0 bridgehead atoms. The summed E-state index contributed by atoms with van der Waals surface area (Å²) in [5.74, 6) is 0.958. The Bertz CT molecular complexity index is 1080. The van der Waals surface area contributed by atoms with E-state index in [1.165, 1.54) is 43.8 Å². The molecule has 2 heteroatoms. The molecule has 0 aliphatic heterocycles. The van der Waals surface area contributed by atoms with Gasteiger partial charge in [-0.3, -0.25) is 0 Å². The molecular weight excluding hydrogens is 360 g/mol. The summed E-state index contributed by atoms with van der Waals surface area (Å²) in [5.41, 5.74) is 8.77. The molecule has 0 radical (unpaired) electrons. The summed E-state index contributed by atoms with van der Waals surface area (Å²) in [7, 11) is 0. The lowest BCUT2D eigenvalue weighted by atomic mass is 9.92. The first-order valence-corrected chi connectivity index (χ1v) is 10.4. The van der Waals surface area contributed by atoms with Gasteiger partial charge >= 0.3 is 0 Å². The third-order valence-electron chi connectivity index (χ3n) is 5.33. The van der Waals surface area contributed by atoms with Gasteiger partial charge < -0.3 is 4.74 Å². The van der Waals surface area contributed by atoms with Crippen LogP contribution in [0.15, 0.2) is 78.2 Å². The summed E-state index contributed by atoms with van der Waals surface area (Å²) in [6.45, 7) is 7.14. The molecule has 0 N–H and O–H groups in total. The molecule has 1 heterocycles. The van der Waals surface area contributed by atoms with Gasteiger partial charge in [0, 0.05) is 16.0 Å². The molecule has 3 aromatic carbocycles. The van der Waals surface area contributed by atoms with Gasteiger partial charge in [-0.05, 0) is 66.1 Å². The number of aryl methyl sites for hydroxylation is 1. The number of benzene rings is 3. The van der Waals surface area contributed by atoms with Crippen molar-refractivity contribution in [3.8, 4) is 27.3 Å². The number of ether oxygens (including phenoxy) is 1. The summed E-state index contributed by atoms with van der Waals surface area (Å²) in [5, 5.41) is 2.17. The van der Waals surface area contributed by atoms with Gasteiger partial charge in [0.2, 0.25) is 0 Å². The standard InChI is InChI=1S/C26H24OS/c1-18-16-24(27-17-21-10-6-4-7-11-21)25(20(3)19(18)2)23-14-15-28-26(23)22-12-8-5-9-13-22/h4-16H,17H2,1-3H3. The van der Waals surface area contributed by atoms with Gasteiger partial charge in [0.05, 0.1) is 0 Å². The van der Waals surface area contributed by atoms with Crippen LogP contribution < -0.4 is 4.74 Å². The first-order chi connectivity index (χ1) is 13.6. The molecule has 0 unspecified atom stereocenters. The molecule has 0 saturated carbocycles. The van der Waals surface area contributed by atoms with Crippen molar-refractivity contribution in [2.45, 2.75) is 27.4 Å². The van der Waals surface area contributed by atoms with Gasteiger partial charge in [0.25, 0.3) is 0 Å². The van der Waals surface area contributed by atoms with Crippen LogP contribution in [0.4, 0.5) is 0 Å². The van der Waals surface area contributed by atoms with Crippen LogP contribution in [0.3, 0.4) is 0 Å². The molecule has 28 heavy (non-hydrogen) atoms. The molecule has 0 aliphatic rings. The Morgan fingerprint density at radius 1 is 0.786 bits per heavy atom. The molecule has 140 valence electrons. The number of hydrogen-bond donors (Lipinski definition) is 0. The topological polar surface area (TPSA) is 9.23 Å². The minimum absolute atomic E-state index is 0.570. The van der Waals surface area contributed by atoms with Crippen molar-refractivity contribution in [3.63, 3.8) is 0 Å². The van der Waals surface area contributed by atoms with E-state index in [0.717, 1.165) is 5.75 Å². The van der Waals surface area contributed by atoms with E-state index in [4.69, 9.17) is 4.74 Å². The first-order valence-electron chi connectivity index (χ1n) is 9.56. The third kappa shape index (κ3) is 3.61. The van der Waals surface area contributed by atoms with E-state index >= 15 is 0 Å². The van der Waals surface area contributed by atoms with Crippen LogP contribution >= 0.6 is 11.3 Å². The Morgan fingerprint density at radius 3 is 2.18 bits per heavy atom. The Labute approximate surface area is 171 Å². The molecular formula is C26H24OS. The quantitative estimate of drug-likeness (QED) is 0.344. The fourth-order valence-electron chi connectivity index (χ4n) is 3.55. The zero-order valence-electron chi connectivity index (χ0n) is 16.5. The highest BCUT2D eigenvalue weighted by atomic mass is 32.1. The third-order valence-corrected chi connectivity index (χ3v) is 6.29. The van der Waals surface area contributed by atoms with E-state index in [9.17, 15) is 0 Å². The van der Waals surface area contributed by atoms with Crippen LogP contribution in [0.2, 0.25) is 0 Å². The predicted octanol–water partition coefficient (Wildman–Crippen LogP) is 7.59. The van der Waals surface area contributed by atoms with E-state index in [-0.39, 0.29) is 0 Å². The number of hydrogen-bond acceptors (Lipinski definition) is 2. The zero-order valence-corrected chi connectivity index (χ0v) is 17.3. The van der Waals surface area contributed by atoms with Crippen molar-refractivity contribution in [2.75, 3.05) is 0 Å². The Balaban J connectivity index is 1.81. The SMILES string of the molecule is Cc1cc(OCc2ccccc2)c(-c2ccsc2-c2ccccc2)c(C)c1C. The maximum atomic E-state index is 6.36. The van der Waals surface area contributed by atoms with Crippen molar-refractivity contribution in [1.29, 1.82) is 0 Å². The fourth-order valence-corrected chi connectivity index (χ4v) is 4.46. The van der Waals surface area contributed by atoms with Crippen LogP contribution in [0.25, 0.3) is 21.6 Å². The highest BCUT2D eigenvalue weighted by Gasteiger charge is 2.18. The molecule has 0 atom stereocenters. The molecule has 0 saturated heterocycles. The van der Waals surface area contributed by atoms with Crippen LogP contribution in [0, 0.1) is 20.8 Å². The number of thiophene rings is 1. The van der Waals surface area contributed by atoms with Crippen molar-refractivity contribution in [1.82, 2.24) is 0 Å². The largest absolute Gasteiger partial charge is 0.488 e. The van der Waals surface area contributed by atoms with Gasteiger partial charge in [-0.15, -0.1) is 11.3 Å². The van der Waals surface area contributed by atoms with Crippen LogP contribution in [-0.2, 0) is 6.61 Å². The highest BCUT2D eigenvalue weighted by molar-refractivity contribution is 7.14. The molecule has 4 aromatic rings. The molecule has 0 spiro atoms. The van der Waals surface area contributed by atoms with Gasteiger partial charge in [-0.25, -0.2) is 0 Å². The summed E-state index contributed by atoms with van der Waals surface area (Å²) in [6.07, 6.45) is 0. The highest BCUT2D eigenvalue weighted by Crippen LogP contribution is 2.44. The molecule has 4 rings (SSSR count). The van der Waals surface area contributed by atoms with Gasteiger partial charge in [0.15, 0.2) is 0 Å². The smallest absolute Gasteiger partial charge is 0.128 e. The second-order valence-corrected chi connectivity index (χ2v) is 8.04. The Kier molecular flexibility index (Phi) is 5.31. The van der Waals surface area contributed by atoms with Gasteiger partial charge in [0.1, 0.15) is 12.4 Å². The lowest BCUT2D eigenvalue weighted by Gasteiger charge is -2.19. The minimum Gasteiger partial charge on any atom is -0.488 e. The van der Waals surface area contributed by atoms with E-state index in [1.807, 2.05) is 6.07 Å². The van der Waals surface area contributed by atoms with Crippen molar-refractivity contribution < 1.29 is 4.74 Å². The van der Waals surface area contributed by atoms with E-state index in [0.29, 0.717) is 6.61 Å². The van der Waals surface area contributed by atoms with Crippen LogP contribution in [0.1, 0.15) is 22.3 Å². The van der Waals surface area contributed by atoms with Crippen LogP contribution in [-0.4, -0.2) is 0 Å². The van der Waals surface area contributed by atoms with Crippen molar-refractivity contribution >= 4 is 11.3 Å². The van der Waals surface area contributed by atoms with Gasteiger partial charge in [-0.2, -0.15) is 0 Å². The molecule has 0 fully saturated rings. The monoisotopic (exact) mass is 384 g/mol. The maximum Gasteiger partial charge on any atom is 0.128 e. The average Bonchev–Trinajstić information content (AvgIpc) is 3.21. The second kappa shape index (κ2) is 8.04. The van der Waals surface area contributed by atoms with E-state index in [2.05, 4.69) is 92.9 Å². The summed E-state index contributed by atoms with van der Waals surface area (Å²) >= 11 is 1.78. The number of rotatable bonds is 5.